The molecule has 0 aliphatic carbocycles. The quantitative estimate of drug-likeness (QED) is 0.639. The van der Waals surface area contributed by atoms with Crippen molar-refractivity contribution in [1.29, 1.82) is 0 Å². The van der Waals surface area contributed by atoms with E-state index in [1.54, 1.807) is 30.3 Å². The number of hydrogen-bond donors (Lipinski definition) is 2. The lowest BCUT2D eigenvalue weighted by Crippen LogP contribution is -2.20. The lowest BCUT2D eigenvalue weighted by molar-refractivity contribution is 0.102. The Morgan fingerprint density at radius 1 is 1.00 bits per heavy atom. The summed E-state index contributed by atoms with van der Waals surface area (Å²) in [6.07, 6.45) is 1.51. The van der Waals surface area contributed by atoms with Gasteiger partial charge in [0.2, 0.25) is 0 Å². The van der Waals surface area contributed by atoms with Crippen molar-refractivity contribution in [3.8, 4) is 11.1 Å². The first-order valence-electron chi connectivity index (χ1n) is 8.99. The predicted octanol–water partition coefficient (Wildman–Crippen LogP) is 3.83. The molecular weight excluding hydrogens is 388 g/mol. The van der Waals surface area contributed by atoms with E-state index in [0.717, 1.165) is 5.56 Å². The Kier molecular flexibility index (Phi) is 5.81. The third-order valence-corrected chi connectivity index (χ3v) is 5.20. The van der Waals surface area contributed by atoms with Crippen LogP contribution in [-0.2, 0) is 16.5 Å². The fourth-order valence-electron chi connectivity index (χ4n) is 2.82. The second-order valence-corrected chi connectivity index (χ2v) is 8.61. The molecule has 0 radical (unpaired) electrons. The van der Waals surface area contributed by atoms with Crippen LogP contribution in [0.15, 0.2) is 70.5 Å². The first kappa shape index (κ1) is 20.7. The number of aromatic nitrogens is 1. The summed E-state index contributed by atoms with van der Waals surface area (Å²) in [5.74, 6) is -0.384. The van der Waals surface area contributed by atoms with E-state index in [9.17, 15) is 18.4 Å². The number of hydrogen-bond acceptors (Lipinski definition) is 4. The van der Waals surface area contributed by atoms with Gasteiger partial charge in [0.15, 0.2) is 0 Å². The number of amides is 1. The topological polar surface area (TPSA) is 102 Å². The first-order valence-corrected chi connectivity index (χ1v) is 10.1. The smallest absolute Gasteiger partial charge is 0.271 e. The molecule has 0 saturated heterocycles. The molecular formula is C22H21N2O4S-. The summed E-state index contributed by atoms with van der Waals surface area (Å²) in [6, 6.07) is 15.0. The molecule has 3 aromatic rings. The number of carbonyl (C=O) groups is 1. The standard InChI is InChI=1S/C22H22N2O4S/c1-22(2,3)17-8-4-15(5-9-17)20(25)24-19-12-16(13-23-21(19)26)14-6-10-18(11-7-14)29(27)28/h4-13H,1-3H3,(H,23,26)(H,24,25)(H,27,28)/p-1. The van der Waals surface area contributed by atoms with Crippen molar-refractivity contribution in [3.05, 3.63) is 82.3 Å². The minimum atomic E-state index is -2.30. The van der Waals surface area contributed by atoms with Crippen molar-refractivity contribution in [3.63, 3.8) is 0 Å². The Morgan fingerprint density at radius 3 is 2.17 bits per heavy atom. The number of benzene rings is 2. The number of H-pyrrole nitrogens is 1. The van der Waals surface area contributed by atoms with Gasteiger partial charge in [0.1, 0.15) is 5.69 Å². The van der Waals surface area contributed by atoms with Gasteiger partial charge in [-0.25, -0.2) is 0 Å². The van der Waals surface area contributed by atoms with Gasteiger partial charge in [-0.15, -0.1) is 0 Å². The summed E-state index contributed by atoms with van der Waals surface area (Å²) >= 11 is -2.30. The van der Waals surface area contributed by atoms with E-state index in [0.29, 0.717) is 16.7 Å². The molecule has 1 amide bonds. The highest BCUT2D eigenvalue weighted by Gasteiger charge is 2.15. The van der Waals surface area contributed by atoms with Crippen molar-refractivity contribution in [2.24, 2.45) is 0 Å². The zero-order valence-corrected chi connectivity index (χ0v) is 17.1. The Labute approximate surface area is 171 Å². The molecule has 0 spiro atoms. The molecule has 150 valence electrons. The zero-order valence-electron chi connectivity index (χ0n) is 16.3. The van der Waals surface area contributed by atoms with E-state index in [4.69, 9.17) is 0 Å². The number of aromatic amines is 1. The molecule has 3 rings (SSSR count). The molecule has 2 aromatic carbocycles. The highest BCUT2D eigenvalue weighted by Crippen LogP contribution is 2.23. The number of nitrogens with one attached hydrogen (secondary N) is 2. The maximum Gasteiger partial charge on any atom is 0.271 e. The summed E-state index contributed by atoms with van der Waals surface area (Å²) < 4.78 is 22.0. The molecule has 6 nitrogen and oxygen atoms in total. The van der Waals surface area contributed by atoms with Crippen molar-refractivity contribution in [2.45, 2.75) is 31.1 Å². The average Bonchev–Trinajstić information content (AvgIpc) is 2.69. The highest BCUT2D eigenvalue weighted by molar-refractivity contribution is 7.79. The zero-order chi connectivity index (χ0) is 21.2. The van der Waals surface area contributed by atoms with E-state index < -0.39 is 16.6 Å². The van der Waals surface area contributed by atoms with Crippen LogP contribution in [-0.4, -0.2) is 19.7 Å². The van der Waals surface area contributed by atoms with E-state index in [-0.39, 0.29) is 21.9 Å². The molecule has 1 atom stereocenters. The van der Waals surface area contributed by atoms with Crippen LogP contribution in [0.3, 0.4) is 0 Å². The monoisotopic (exact) mass is 409 g/mol. The van der Waals surface area contributed by atoms with Crippen LogP contribution in [0, 0.1) is 0 Å². The van der Waals surface area contributed by atoms with Gasteiger partial charge < -0.3 is 14.9 Å². The highest BCUT2D eigenvalue weighted by atomic mass is 32.2. The van der Waals surface area contributed by atoms with Gasteiger partial charge in [-0.05, 0) is 58.0 Å². The molecule has 0 saturated carbocycles. The van der Waals surface area contributed by atoms with Crippen LogP contribution in [0.25, 0.3) is 11.1 Å². The average molecular weight is 409 g/mol. The Bertz CT molecular complexity index is 1110. The summed E-state index contributed by atoms with van der Waals surface area (Å²) in [4.78, 5) is 27.5. The SMILES string of the molecule is CC(C)(C)c1ccc(C(=O)Nc2cc(-c3ccc(S(=O)[O-])cc3)c[nH]c2=O)cc1. The molecule has 2 N–H and O–H groups in total. The number of rotatable bonds is 4. The first-order chi connectivity index (χ1) is 13.6. The van der Waals surface area contributed by atoms with Crippen LogP contribution in [0.1, 0.15) is 36.7 Å². The molecule has 29 heavy (non-hydrogen) atoms. The van der Waals surface area contributed by atoms with Gasteiger partial charge in [-0.1, -0.05) is 45.0 Å². The number of anilines is 1. The predicted molar refractivity (Wildman–Crippen MR) is 113 cm³/mol. The summed E-state index contributed by atoms with van der Waals surface area (Å²) in [6.45, 7) is 6.27. The van der Waals surface area contributed by atoms with Crippen LogP contribution in [0.4, 0.5) is 5.69 Å². The van der Waals surface area contributed by atoms with Gasteiger partial charge in [0.05, 0.1) is 0 Å². The van der Waals surface area contributed by atoms with Crippen molar-refractivity contribution in [1.82, 2.24) is 4.98 Å². The molecule has 7 heteroatoms. The van der Waals surface area contributed by atoms with Gasteiger partial charge >= 0.3 is 0 Å². The van der Waals surface area contributed by atoms with E-state index in [1.807, 2.05) is 12.1 Å². The third-order valence-electron chi connectivity index (χ3n) is 4.54. The summed E-state index contributed by atoms with van der Waals surface area (Å²) in [5, 5.41) is 2.64. The van der Waals surface area contributed by atoms with Crippen LogP contribution in [0.2, 0.25) is 0 Å². The fraction of sp³-hybridized carbons (Fsp3) is 0.182. The molecule has 1 heterocycles. The largest absolute Gasteiger partial charge is 0.768 e. The van der Waals surface area contributed by atoms with E-state index in [2.05, 4.69) is 31.1 Å². The molecule has 0 fully saturated rings. The lowest BCUT2D eigenvalue weighted by Gasteiger charge is -2.19. The normalized spacial score (nSPS) is 12.4. The molecule has 0 aliphatic heterocycles. The maximum absolute atomic E-state index is 12.6. The minimum absolute atomic E-state index is 0.0191. The van der Waals surface area contributed by atoms with Gasteiger partial charge in [-0.2, -0.15) is 0 Å². The van der Waals surface area contributed by atoms with E-state index in [1.165, 1.54) is 18.3 Å². The molecule has 1 unspecified atom stereocenters. The van der Waals surface area contributed by atoms with E-state index >= 15 is 0 Å². The summed E-state index contributed by atoms with van der Waals surface area (Å²) in [7, 11) is 0. The second kappa shape index (κ2) is 8.14. The minimum Gasteiger partial charge on any atom is -0.768 e. The van der Waals surface area contributed by atoms with Gasteiger partial charge in [-0.3, -0.25) is 13.8 Å². The van der Waals surface area contributed by atoms with Crippen molar-refractivity contribution >= 4 is 22.7 Å². The van der Waals surface area contributed by atoms with Crippen molar-refractivity contribution in [2.75, 3.05) is 5.32 Å². The Hall–Kier alpha value is -3.03. The summed E-state index contributed by atoms with van der Waals surface area (Å²) in [5.41, 5.74) is 2.58. The fourth-order valence-corrected chi connectivity index (χ4v) is 3.18. The maximum atomic E-state index is 12.6. The van der Waals surface area contributed by atoms with Crippen LogP contribution in [0.5, 0.6) is 0 Å². The van der Waals surface area contributed by atoms with Crippen LogP contribution < -0.4 is 10.9 Å². The molecule has 0 bridgehead atoms. The Morgan fingerprint density at radius 2 is 1.62 bits per heavy atom. The number of pyridine rings is 1. The van der Waals surface area contributed by atoms with Gasteiger partial charge in [0.25, 0.3) is 11.5 Å². The van der Waals surface area contributed by atoms with Crippen molar-refractivity contribution < 1.29 is 13.6 Å². The van der Waals surface area contributed by atoms with Gasteiger partial charge in [0, 0.05) is 22.2 Å². The van der Waals surface area contributed by atoms with Crippen LogP contribution >= 0.6 is 0 Å². The lowest BCUT2D eigenvalue weighted by atomic mass is 9.87. The second-order valence-electron chi connectivity index (χ2n) is 7.67. The Balaban J connectivity index is 1.84. The molecule has 0 aliphatic rings. The molecule has 1 aromatic heterocycles. The third kappa shape index (κ3) is 4.88. The number of carbonyl (C=O) groups excluding carboxylic acids is 1.